The minimum Gasteiger partial charge on any atom is -0.256 e. The van der Waals surface area contributed by atoms with Crippen molar-refractivity contribution in [3.63, 3.8) is 0 Å². The van der Waals surface area contributed by atoms with E-state index in [1.165, 1.54) is 38.2 Å². The lowest BCUT2D eigenvalue weighted by molar-refractivity contribution is 1.33. The Morgan fingerprint density at radius 1 is 0.538 bits per heavy atom. The molecule has 4 aromatic carbocycles. The molecule has 0 aliphatic rings. The van der Waals surface area contributed by atoms with Gasteiger partial charge in [-0.3, -0.25) is 4.98 Å². The van der Waals surface area contributed by atoms with Gasteiger partial charge in [0.2, 0.25) is 0 Å². The zero-order valence-electron chi connectivity index (χ0n) is 14.3. The maximum atomic E-state index is 4.60. The molecule has 0 radical (unpaired) electrons. The van der Waals surface area contributed by atoms with Crippen LogP contribution in [-0.2, 0) is 0 Å². The second-order valence-corrected chi connectivity index (χ2v) is 6.49. The molecule has 0 N–H and O–H groups in total. The summed E-state index contributed by atoms with van der Waals surface area (Å²) in [5, 5.41) is 5.04. The Hall–Kier alpha value is -3.45. The van der Waals surface area contributed by atoms with Gasteiger partial charge in [0, 0.05) is 11.8 Å². The SMILES string of the molecule is c1ccc(-c2c(-c3ccccn3)ccc3cc4ccccc4cc23)cc1. The molecule has 0 spiro atoms. The number of benzene rings is 4. The number of fused-ring (bicyclic) bond motifs is 2. The Morgan fingerprint density at radius 3 is 2.04 bits per heavy atom. The molecule has 5 aromatic rings. The summed E-state index contributed by atoms with van der Waals surface area (Å²) < 4.78 is 0. The van der Waals surface area contributed by atoms with Crippen molar-refractivity contribution in [2.75, 3.05) is 0 Å². The quantitative estimate of drug-likeness (QED) is 0.327. The second-order valence-electron chi connectivity index (χ2n) is 6.49. The molecule has 1 nitrogen and oxygen atoms in total. The van der Waals surface area contributed by atoms with Gasteiger partial charge in [-0.25, -0.2) is 0 Å². The van der Waals surface area contributed by atoms with E-state index in [0.29, 0.717) is 0 Å². The monoisotopic (exact) mass is 331 g/mol. The summed E-state index contributed by atoms with van der Waals surface area (Å²) in [5.74, 6) is 0. The average molecular weight is 331 g/mol. The first-order valence-electron chi connectivity index (χ1n) is 8.82. The van der Waals surface area contributed by atoms with Gasteiger partial charge in [-0.05, 0) is 56.9 Å². The van der Waals surface area contributed by atoms with Gasteiger partial charge in [0.05, 0.1) is 5.69 Å². The van der Waals surface area contributed by atoms with Crippen molar-refractivity contribution in [2.24, 2.45) is 0 Å². The van der Waals surface area contributed by atoms with Crippen LogP contribution in [0.25, 0.3) is 43.9 Å². The summed E-state index contributed by atoms with van der Waals surface area (Å²) in [6.07, 6.45) is 1.86. The fraction of sp³-hybridized carbons (Fsp3) is 0. The standard InChI is InChI=1S/C25H17N/c1-2-8-18(9-3-1)25-22(24-12-6-7-15-26-24)14-13-21-16-19-10-4-5-11-20(19)17-23(21)25/h1-17H. The second kappa shape index (κ2) is 6.12. The van der Waals surface area contributed by atoms with E-state index in [1.807, 2.05) is 18.3 Å². The summed E-state index contributed by atoms with van der Waals surface area (Å²) in [6, 6.07) is 34.2. The highest BCUT2D eigenvalue weighted by atomic mass is 14.7. The number of hydrogen-bond donors (Lipinski definition) is 0. The maximum Gasteiger partial charge on any atom is 0.0708 e. The van der Waals surface area contributed by atoms with E-state index in [9.17, 15) is 0 Å². The number of pyridine rings is 1. The maximum absolute atomic E-state index is 4.60. The molecule has 1 aromatic heterocycles. The Morgan fingerprint density at radius 2 is 1.27 bits per heavy atom. The molecule has 0 atom stereocenters. The molecule has 1 heteroatoms. The van der Waals surface area contributed by atoms with Gasteiger partial charge < -0.3 is 0 Å². The van der Waals surface area contributed by atoms with Crippen molar-refractivity contribution in [3.05, 3.63) is 103 Å². The van der Waals surface area contributed by atoms with E-state index < -0.39 is 0 Å². The van der Waals surface area contributed by atoms with Crippen molar-refractivity contribution < 1.29 is 0 Å². The number of rotatable bonds is 2. The van der Waals surface area contributed by atoms with Gasteiger partial charge >= 0.3 is 0 Å². The number of hydrogen-bond acceptors (Lipinski definition) is 1. The third-order valence-corrected chi connectivity index (χ3v) is 4.89. The van der Waals surface area contributed by atoms with Gasteiger partial charge in [0.25, 0.3) is 0 Å². The zero-order chi connectivity index (χ0) is 17.3. The zero-order valence-corrected chi connectivity index (χ0v) is 14.3. The third kappa shape index (κ3) is 2.46. The van der Waals surface area contributed by atoms with E-state index in [4.69, 9.17) is 0 Å². The first-order chi connectivity index (χ1) is 12.9. The van der Waals surface area contributed by atoms with Crippen LogP contribution in [0.5, 0.6) is 0 Å². The van der Waals surface area contributed by atoms with Crippen LogP contribution >= 0.6 is 0 Å². The van der Waals surface area contributed by atoms with Crippen LogP contribution in [0.2, 0.25) is 0 Å². The van der Waals surface area contributed by atoms with Crippen LogP contribution < -0.4 is 0 Å². The third-order valence-electron chi connectivity index (χ3n) is 4.89. The van der Waals surface area contributed by atoms with Crippen LogP contribution in [0.4, 0.5) is 0 Å². The van der Waals surface area contributed by atoms with Crippen LogP contribution in [0, 0.1) is 0 Å². The molecular formula is C25H17N. The predicted molar refractivity (Wildman–Crippen MR) is 110 cm³/mol. The van der Waals surface area contributed by atoms with Crippen molar-refractivity contribution in [3.8, 4) is 22.4 Å². The van der Waals surface area contributed by atoms with Crippen LogP contribution in [0.3, 0.4) is 0 Å². The molecule has 0 aliphatic carbocycles. The summed E-state index contributed by atoms with van der Waals surface area (Å²) in [4.78, 5) is 4.60. The fourth-order valence-electron chi connectivity index (χ4n) is 3.67. The van der Waals surface area contributed by atoms with Crippen molar-refractivity contribution in [1.29, 1.82) is 0 Å². The summed E-state index contributed by atoms with van der Waals surface area (Å²) in [6.45, 7) is 0. The Bertz CT molecular complexity index is 1210. The molecule has 0 saturated carbocycles. The highest BCUT2D eigenvalue weighted by Crippen LogP contribution is 2.38. The van der Waals surface area contributed by atoms with E-state index in [1.54, 1.807) is 0 Å². The van der Waals surface area contributed by atoms with E-state index >= 15 is 0 Å². The molecule has 0 unspecified atom stereocenters. The smallest absolute Gasteiger partial charge is 0.0708 e. The first kappa shape index (κ1) is 14.9. The van der Waals surface area contributed by atoms with Gasteiger partial charge in [-0.15, -0.1) is 0 Å². The van der Waals surface area contributed by atoms with Gasteiger partial charge in [-0.2, -0.15) is 0 Å². The highest BCUT2D eigenvalue weighted by Gasteiger charge is 2.13. The summed E-state index contributed by atoms with van der Waals surface area (Å²) in [7, 11) is 0. The number of nitrogens with zero attached hydrogens (tertiary/aromatic N) is 1. The van der Waals surface area contributed by atoms with Crippen LogP contribution in [-0.4, -0.2) is 4.98 Å². The first-order valence-corrected chi connectivity index (χ1v) is 8.82. The molecule has 26 heavy (non-hydrogen) atoms. The topological polar surface area (TPSA) is 12.9 Å². The molecule has 5 rings (SSSR count). The molecule has 0 saturated heterocycles. The van der Waals surface area contributed by atoms with Crippen molar-refractivity contribution >= 4 is 21.5 Å². The Kier molecular flexibility index (Phi) is 3.50. The minimum atomic E-state index is 1.00. The Labute approximate surface area is 152 Å². The lowest BCUT2D eigenvalue weighted by atomic mass is 9.90. The molecule has 0 fully saturated rings. The van der Waals surface area contributed by atoms with E-state index in [0.717, 1.165) is 5.69 Å². The highest BCUT2D eigenvalue weighted by molar-refractivity contribution is 6.09. The molecular weight excluding hydrogens is 314 g/mol. The normalized spacial score (nSPS) is 11.1. The average Bonchev–Trinajstić information content (AvgIpc) is 2.72. The van der Waals surface area contributed by atoms with Gasteiger partial charge in [0.15, 0.2) is 0 Å². The van der Waals surface area contributed by atoms with Gasteiger partial charge in [0.1, 0.15) is 0 Å². The number of aromatic nitrogens is 1. The summed E-state index contributed by atoms with van der Waals surface area (Å²) >= 11 is 0. The predicted octanol–water partition coefficient (Wildman–Crippen LogP) is 6.72. The fourth-order valence-corrected chi connectivity index (χ4v) is 3.67. The van der Waals surface area contributed by atoms with Crippen LogP contribution in [0.1, 0.15) is 0 Å². The molecule has 0 amide bonds. The summed E-state index contributed by atoms with van der Waals surface area (Å²) in [5.41, 5.74) is 4.63. The van der Waals surface area contributed by atoms with Gasteiger partial charge in [-0.1, -0.05) is 72.8 Å². The molecule has 122 valence electrons. The Balaban J connectivity index is 1.92. The minimum absolute atomic E-state index is 1.00. The molecule has 0 aliphatic heterocycles. The lowest BCUT2D eigenvalue weighted by Gasteiger charge is -2.14. The van der Waals surface area contributed by atoms with Crippen LogP contribution in [0.15, 0.2) is 103 Å². The lowest BCUT2D eigenvalue weighted by Crippen LogP contribution is -1.90. The largest absolute Gasteiger partial charge is 0.256 e. The van der Waals surface area contributed by atoms with Crippen molar-refractivity contribution in [1.82, 2.24) is 4.98 Å². The van der Waals surface area contributed by atoms with Crippen molar-refractivity contribution in [2.45, 2.75) is 0 Å². The van der Waals surface area contributed by atoms with E-state index in [2.05, 4.69) is 89.9 Å². The molecule has 1 heterocycles. The molecule has 0 bridgehead atoms. The van der Waals surface area contributed by atoms with E-state index in [-0.39, 0.29) is 0 Å².